The molecule has 0 aromatic heterocycles. The average molecular weight is 513 g/mol. The fourth-order valence-electron chi connectivity index (χ4n) is 3.77. The van der Waals surface area contributed by atoms with Gasteiger partial charge >= 0.3 is 12.4 Å². The van der Waals surface area contributed by atoms with Crippen LogP contribution in [0.4, 0.5) is 32.0 Å². The van der Waals surface area contributed by atoms with E-state index in [0.29, 0.717) is 17.7 Å². The third-order valence-electron chi connectivity index (χ3n) is 5.77. The molecule has 1 aliphatic heterocycles. The second-order valence-corrected chi connectivity index (χ2v) is 9.34. The molecular formula is C27H30F6N2O. The van der Waals surface area contributed by atoms with Crippen molar-refractivity contribution >= 4 is 11.6 Å². The molecule has 9 heteroatoms. The summed E-state index contributed by atoms with van der Waals surface area (Å²) in [5, 5.41) is 5.28. The lowest BCUT2D eigenvalue weighted by Gasteiger charge is -2.33. The number of amides is 1. The smallest absolute Gasteiger partial charge is 0.388 e. The number of hydrogen-bond acceptors (Lipinski definition) is 2. The van der Waals surface area contributed by atoms with Crippen molar-refractivity contribution in [3.63, 3.8) is 0 Å². The Balaban J connectivity index is 2.14. The van der Waals surface area contributed by atoms with Crippen LogP contribution in [-0.2, 0) is 17.1 Å². The highest BCUT2D eigenvalue weighted by molar-refractivity contribution is 6.00. The first-order valence-corrected chi connectivity index (χ1v) is 11.3. The number of carbonyl (C=O) groups excluding carboxylic acids is 1. The van der Waals surface area contributed by atoms with Gasteiger partial charge < -0.3 is 10.6 Å². The zero-order valence-electron chi connectivity index (χ0n) is 20.8. The van der Waals surface area contributed by atoms with Crippen LogP contribution in [0.5, 0.6) is 0 Å². The summed E-state index contributed by atoms with van der Waals surface area (Å²) >= 11 is 0. The minimum atomic E-state index is -4.93. The highest BCUT2D eigenvalue weighted by atomic mass is 19.4. The zero-order valence-corrected chi connectivity index (χ0v) is 20.8. The van der Waals surface area contributed by atoms with Gasteiger partial charge in [0.2, 0.25) is 5.91 Å². The van der Waals surface area contributed by atoms with Gasteiger partial charge in [0, 0.05) is 18.3 Å². The molecule has 0 atom stereocenters. The predicted molar refractivity (Wildman–Crippen MR) is 130 cm³/mol. The standard InChI is InChI=1S/C27H30F6N2O/c1-17(9-11-21-19(3)34-14-13-25(21,4)5)7-6-8-18(2)15-24(36)35-23-16-20(26(28,29)30)10-12-22(23)27(31,32)33/h6-12,15-16,34H,13-14H2,1-5H3,(H,35,36)/b8-6+,11-9+,17-7+,18-15+. The number of carbonyl (C=O) groups is 1. The van der Waals surface area contributed by atoms with Crippen molar-refractivity contribution in [3.8, 4) is 0 Å². The minimum Gasteiger partial charge on any atom is -0.388 e. The first-order chi connectivity index (χ1) is 16.5. The minimum absolute atomic E-state index is 0.0558. The number of halogens is 6. The van der Waals surface area contributed by atoms with Crippen molar-refractivity contribution in [2.24, 2.45) is 5.41 Å². The van der Waals surface area contributed by atoms with Gasteiger partial charge in [0.05, 0.1) is 16.8 Å². The molecule has 196 valence electrons. The number of allylic oxidation sites excluding steroid dienone is 9. The Morgan fingerprint density at radius 3 is 2.28 bits per heavy atom. The Bertz CT molecular complexity index is 1130. The Kier molecular flexibility index (Phi) is 9.04. The molecule has 2 rings (SSSR count). The molecule has 1 amide bonds. The fraction of sp³-hybridized carbons (Fsp3) is 0.370. The molecule has 1 heterocycles. The molecule has 0 aliphatic carbocycles. The van der Waals surface area contributed by atoms with E-state index in [1.165, 1.54) is 5.57 Å². The van der Waals surface area contributed by atoms with Crippen LogP contribution in [0.2, 0.25) is 0 Å². The van der Waals surface area contributed by atoms with Crippen LogP contribution in [0.1, 0.15) is 52.2 Å². The molecule has 36 heavy (non-hydrogen) atoms. The highest BCUT2D eigenvalue weighted by Gasteiger charge is 2.37. The van der Waals surface area contributed by atoms with Gasteiger partial charge in [-0.1, -0.05) is 49.8 Å². The van der Waals surface area contributed by atoms with Crippen LogP contribution in [0.25, 0.3) is 0 Å². The summed E-state index contributed by atoms with van der Waals surface area (Å²) < 4.78 is 78.4. The average Bonchev–Trinajstić information content (AvgIpc) is 2.71. The van der Waals surface area contributed by atoms with E-state index >= 15 is 0 Å². The van der Waals surface area contributed by atoms with Crippen LogP contribution < -0.4 is 10.6 Å². The summed E-state index contributed by atoms with van der Waals surface area (Å²) in [7, 11) is 0. The van der Waals surface area contributed by atoms with Gasteiger partial charge in [-0.2, -0.15) is 26.3 Å². The molecule has 0 saturated heterocycles. The SMILES string of the molecule is CC1=C(/C=C/C(C)=C/C=C/C(C)=C/C(=O)Nc2cc(C(F)(F)F)ccc2C(F)(F)F)C(C)(C)CCN1. The number of benzene rings is 1. The van der Waals surface area contributed by atoms with Crippen LogP contribution in [0.15, 0.2) is 77.1 Å². The van der Waals surface area contributed by atoms with E-state index in [-0.39, 0.29) is 11.5 Å². The fourth-order valence-corrected chi connectivity index (χ4v) is 3.77. The van der Waals surface area contributed by atoms with Gasteiger partial charge in [-0.15, -0.1) is 0 Å². The van der Waals surface area contributed by atoms with Gasteiger partial charge in [0.25, 0.3) is 0 Å². The van der Waals surface area contributed by atoms with Crippen molar-refractivity contribution < 1.29 is 31.1 Å². The Morgan fingerprint density at radius 2 is 1.69 bits per heavy atom. The van der Waals surface area contributed by atoms with Gasteiger partial charge in [-0.05, 0) is 62.0 Å². The van der Waals surface area contributed by atoms with E-state index in [0.717, 1.165) is 30.3 Å². The van der Waals surface area contributed by atoms with Crippen molar-refractivity contribution in [1.82, 2.24) is 5.32 Å². The van der Waals surface area contributed by atoms with E-state index in [2.05, 4.69) is 25.2 Å². The maximum absolute atomic E-state index is 13.2. The number of rotatable bonds is 6. The highest BCUT2D eigenvalue weighted by Crippen LogP contribution is 2.39. The van der Waals surface area contributed by atoms with Gasteiger partial charge in [-0.3, -0.25) is 4.79 Å². The maximum atomic E-state index is 13.2. The topological polar surface area (TPSA) is 41.1 Å². The van der Waals surface area contributed by atoms with Crippen molar-refractivity contribution in [2.75, 3.05) is 11.9 Å². The Morgan fingerprint density at radius 1 is 1.03 bits per heavy atom. The summed E-state index contributed by atoms with van der Waals surface area (Å²) in [4.78, 5) is 12.2. The van der Waals surface area contributed by atoms with Gasteiger partial charge in [0.1, 0.15) is 0 Å². The molecular weight excluding hydrogens is 482 g/mol. The molecule has 3 nitrogen and oxygen atoms in total. The molecule has 1 aliphatic rings. The van der Waals surface area contributed by atoms with E-state index in [9.17, 15) is 31.1 Å². The predicted octanol–water partition coefficient (Wildman–Crippen LogP) is 7.96. The molecule has 0 unspecified atom stereocenters. The molecule has 0 saturated carbocycles. The van der Waals surface area contributed by atoms with Gasteiger partial charge in [0.15, 0.2) is 0 Å². The van der Waals surface area contributed by atoms with Crippen molar-refractivity contribution in [1.29, 1.82) is 0 Å². The molecule has 2 N–H and O–H groups in total. The molecule has 1 aromatic carbocycles. The molecule has 0 fully saturated rings. The van der Waals surface area contributed by atoms with Crippen LogP contribution in [-0.4, -0.2) is 12.5 Å². The van der Waals surface area contributed by atoms with Crippen molar-refractivity contribution in [2.45, 2.75) is 53.4 Å². The number of alkyl halides is 6. The van der Waals surface area contributed by atoms with E-state index in [1.54, 1.807) is 25.2 Å². The first-order valence-electron chi connectivity index (χ1n) is 11.3. The lowest BCUT2D eigenvalue weighted by molar-refractivity contribution is -0.140. The summed E-state index contributed by atoms with van der Waals surface area (Å²) in [5.41, 5.74) is 0.120. The lowest BCUT2D eigenvalue weighted by atomic mass is 9.77. The lowest BCUT2D eigenvalue weighted by Crippen LogP contribution is -2.31. The largest absolute Gasteiger partial charge is 0.418 e. The van der Waals surface area contributed by atoms with E-state index in [1.807, 2.05) is 25.2 Å². The summed E-state index contributed by atoms with van der Waals surface area (Å²) in [5.74, 6) is -0.975. The summed E-state index contributed by atoms with van der Waals surface area (Å²) in [6.45, 7) is 10.8. The molecule has 0 spiro atoms. The second-order valence-electron chi connectivity index (χ2n) is 9.34. The van der Waals surface area contributed by atoms with Gasteiger partial charge in [-0.25, -0.2) is 0 Å². The first kappa shape index (κ1) is 29.0. The normalized spacial score (nSPS) is 17.6. The van der Waals surface area contributed by atoms with Crippen LogP contribution >= 0.6 is 0 Å². The Hall–Kier alpha value is -3.23. The third-order valence-corrected chi connectivity index (χ3v) is 5.77. The third kappa shape index (κ3) is 8.17. The number of hydrogen-bond donors (Lipinski definition) is 2. The maximum Gasteiger partial charge on any atom is 0.418 e. The van der Waals surface area contributed by atoms with E-state index < -0.39 is 35.1 Å². The summed E-state index contributed by atoms with van der Waals surface area (Å²) in [6.07, 6.45) is 1.33. The monoisotopic (exact) mass is 512 g/mol. The summed E-state index contributed by atoms with van der Waals surface area (Å²) in [6, 6.07) is 0.908. The van der Waals surface area contributed by atoms with Crippen molar-refractivity contribution in [3.05, 3.63) is 88.2 Å². The quantitative estimate of drug-likeness (QED) is 0.231. The molecule has 0 radical (unpaired) electrons. The number of nitrogens with one attached hydrogen (secondary N) is 2. The number of anilines is 1. The molecule has 1 aromatic rings. The van der Waals surface area contributed by atoms with Crippen LogP contribution in [0, 0.1) is 5.41 Å². The second kappa shape index (κ2) is 11.2. The van der Waals surface area contributed by atoms with Crippen LogP contribution in [0.3, 0.4) is 0 Å². The Labute approximate surface area is 207 Å². The van der Waals surface area contributed by atoms with E-state index in [4.69, 9.17) is 0 Å². The zero-order chi connectivity index (χ0) is 27.3. The molecule has 0 bridgehead atoms.